The number of nitrogens with one attached hydrogen (secondary N) is 1. The molecule has 1 aromatic heterocycles. The Balaban J connectivity index is 1.91. The molecule has 0 saturated heterocycles. The lowest BCUT2D eigenvalue weighted by atomic mass is 10.0. The van der Waals surface area contributed by atoms with Crippen LogP contribution in [-0.2, 0) is 0 Å². The molecule has 1 aromatic carbocycles. The van der Waals surface area contributed by atoms with Crippen molar-refractivity contribution in [1.82, 2.24) is 4.68 Å². The fourth-order valence-electron chi connectivity index (χ4n) is 2.32. The van der Waals surface area contributed by atoms with Gasteiger partial charge in [0.2, 0.25) is 6.23 Å². The van der Waals surface area contributed by atoms with Gasteiger partial charge in [0.25, 0.3) is 0 Å². The third-order valence-corrected chi connectivity index (χ3v) is 3.35. The summed E-state index contributed by atoms with van der Waals surface area (Å²) in [5.74, 6) is 1.17. The van der Waals surface area contributed by atoms with E-state index >= 15 is 0 Å². The van der Waals surface area contributed by atoms with E-state index in [1.807, 2.05) is 35.1 Å². The summed E-state index contributed by atoms with van der Waals surface area (Å²) in [6, 6.07) is 9.45. The largest absolute Gasteiger partial charge is 0.463 e. The standard InChI is InChI=1S/C15H18N4O/c1-10(2)13-7-8-19-14(13)15(17-9-18-19)20-12-5-3-11(16)4-6-12/h3-10,15H,16H2,1-2H3,(H,17,18). The van der Waals surface area contributed by atoms with Gasteiger partial charge in [0.05, 0.1) is 0 Å². The first-order chi connectivity index (χ1) is 9.65. The number of fused-ring (bicyclic) bond motifs is 1. The van der Waals surface area contributed by atoms with Crippen LogP contribution in [0, 0.1) is 0 Å². The Bertz CT molecular complexity index is 628. The molecule has 1 aliphatic rings. The van der Waals surface area contributed by atoms with E-state index in [1.54, 1.807) is 6.34 Å². The van der Waals surface area contributed by atoms with Gasteiger partial charge in [-0.05, 0) is 41.8 Å². The normalized spacial score (nSPS) is 16.9. The van der Waals surface area contributed by atoms with Crippen molar-refractivity contribution in [3.05, 3.63) is 47.8 Å². The number of benzene rings is 1. The predicted octanol–water partition coefficient (Wildman–Crippen LogP) is 2.86. The lowest BCUT2D eigenvalue weighted by Gasteiger charge is -2.23. The Morgan fingerprint density at radius 1 is 1.25 bits per heavy atom. The van der Waals surface area contributed by atoms with E-state index in [9.17, 15) is 0 Å². The third kappa shape index (κ3) is 2.22. The van der Waals surface area contributed by atoms with Gasteiger partial charge >= 0.3 is 0 Å². The molecule has 104 valence electrons. The van der Waals surface area contributed by atoms with Gasteiger partial charge in [-0.15, -0.1) is 0 Å². The van der Waals surface area contributed by atoms with E-state index in [2.05, 4.69) is 30.3 Å². The summed E-state index contributed by atoms with van der Waals surface area (Å²) >= 11 is 0. The van der Waals surface area contributed by atoms with Crippen LogP contribution in [0.25, 0.3) is 0 Å². The van der Waals surface area contributed by atoms with Crippen LogP contribution in [0.2, 0.25) is 0 Å². The number of nitrogens with two attached hydrogens (primary N) is 1. The Labute approximate surface area is 118 Å². The zero-order valence-electron chi connectivity index (χ0n) is 11.6. The minimum Gasteiger partial charge on any atom is -0.463 e. The second kappa shape index (κ2) is 4.92. The van der Waals surface area contributed by atoms with Crippen LogP contribution >= 0.6 is 0 Å². The molecule has 0 aliphatic carbocycles. The van der Waals surface area contributed by atoms with Crippen LogP contribution in [0.4, 0.5) is 5.69 Å². The van der Waals surface area contributed by atoms with Gasteiger partial charge in [-0.2, -0.15) is 0 Å². The summed E-state index contributed by atoms with van der Waals surface area (Å²) in [4.78, 5) is 4.39. The van der Waals surface area contributed by atoms with Crippen LogP contribution < -0.4 is 15.9 Å². The Morgan fingerprint density at radius 2 is 2.00 bits per heavy atom. The van der Waals surface area contributed by atoms with E-state index in [1.165, 1.54) is 5.56 Å². The molecule has 20 heavy (non-hydrogen) atoms. The fourth-order valence-corrected chi connectivity index (χ4v) is 2.32. The van der Waals surface area contributed by atoms with Gasteiger partial charge in [0, 0.05) is 11.9 Å². The zero-order chi connectivity index (χ0) is 14.1. The van der Waals surface area contributed by atoms with Crippen molar-refractivity contribution in [2.24, 2.45) is 4.99 Å². The summed E-state index contributed by atoms with van der Waals surface area (Å²) in [7, 11) is 0. The first kappa shape index (κ1) is 12.6. The summed E-state index contributed by atoms with van der Waals surface area (Å²) in [6.07, 6.45) is 3.31. The number of anilines is 1. The zero-order valence-corrected chi connectivity index (χ0v) is 11.6. The fraction of sp³-hybridized carbons (Fsp3) is 0.267. The van der Waals surface area contributed by atoms with Gasteiger partial charge in [-0.25, -0.2) is 4.99 Å². The molecule has 5 heteroatoms. The van der Waals surface area contributed by atoms with Crippen LogP contribution in [0.3, 0.4) is 0 Å². The Kier molecular flexibility index (Phi) is 3.10. The smallest absolute Gasteiger partial charge is 0.234 e. The summed E-state index contributed by atoms with van der Waals surface area (Å²) in [5, 5.41) is 0. The molecular formula is C15H18N4O. The molecule has 0 saturated carbocycles. The molecule has 3 N–H and O–H groups in total. The molecule has 2 heterocycles. The molecule has 0 radical (unpaired) electrons. The van der Waals surface area contributed by atoms with Crippen molar-refractivity contribution in [3.8, 4) is 5.75 Å². The number of hydrogen-bond donors (Lipinski definition) is 2. The van der Waals surface area contributed by atoms with Gasteiger partial charge in [0.1, 0.15) is 17.8 Å². The first-order valence-corrected chi connectivity index (χ1v) is 6.66. The minimum absolute atomic E-state index is 0.340. The maximum Gasteiger partial charge on any atom is 0.234 e. The highest BCUT2D eigenvalue weighted by Crippen LogP contribution is 2.31. The molecule has 0 amide bonds. The molecule has 5 nitrogen and oxygen atoms in total. The molecule has 1 atom stereocenters. The lowest BCUT2D eigenvalue weighted by Crippen LogP contribution is -2.25. The Morgan fingerprint density at radius 3 is 2.70 bits per heavy atom. The van der Waals surface area contributed by atoms with Crippen LogP contribution in [-0.4, -0.2) is 11.0 Å². The quantitative estimate of drug-likeness (QED) is 0.843. The predicted molar refractivity (Wildman–Crippen MR) is 80.6 cm³/mol. The van der Waals surface area contributed by atoms with Crippen molar-refractivity contribution in [3.63, 3.8) is 0 Å². The van der Waals surface area contributed by atoms with Crippen molar-refractivity contribution >= 4 is 12.0 Å². The van der Waals surface area contributed by atoms with Crippen LogP contribution in [0.1, 0.15) is 37.3 Å². The number of nitrogen functional groups attached to an aromatic ring is 1. The van der Waals surface area contributed by atoms with Crippen LogP contribution in [0.15, 0.2) is 41.5 Å². The van der Waals surface area contributed by atoms with E-state index in [0.29, 0.717) is 5.92 Å². The molecule has 0 bridgehead atoms. The highest BCUT2D eigenvalue weighted by Gasteiger charge is 2.24. The third-order valence-electron chi connectivity index (χ3n) is 3.35. The lowest BCUT2D eigenvalue weighted by molar-refractivity contribution is 0.204. The van der Waals surface area contributed by atoms with Crippen molar-refractivity contribution < 1.29 is 4.74 Å². The number of nitrogens with zero attached hydrogens (tertiary/aromatic N) is 2. The van der Waals surface area contributed by atoms with E-state index in [0.717, 1.165) is 17.1 Å². The second-order valence-electron chi connectivity index (χ2n) is 5.13. The average Bonchev–Trinajstić information content (AvgIpc) is 2.86. The van der Waals surface area contributed by atoms with E-state index < -0.39 is 0 Å². The number of rotatable bonds is 3. The molecule has 3 rings (SSSR count). The van der Waals surface area contributed by atoms with E-state index in [-0.39, 0.29) is 6.23 Å². The minimum atomic E-state index is -0.340. The molecule has 1 aliphatic heterocycles. The number of aromatic nitrogens is 1. The number of hydrogen-bond acceptors (Lipinski definition) is 4. The Hall–Kier alpha value is -2.43. The molecule has 1 unspecified atom stereocenters. The first-order valence-electron chi connectivity index (χ1n) is 6.66. The van der Waals surface area contributed by atoms with Gasteiger partial charge in [-0.1, -0.05) is 13.8 Å². The molecule has 0 spiro atoms. The van der Waals surface area contributed by atoms with Gasteiger partial charge < -0.3 is 10.5 Å². The summed E-state index contributed by atoms with van der Waals surface area (Å²) < 4.78 is 7.92. The monoisotopic (exact) mass is 270 g/mol. The van der Waals surface area contributed by atoms with Gasteiger partial charge in [0.15, 0.2) is 0 Å². The molecule has 2 aromatic rings. The van der Waals surface area contributed by atoms with Crippen LogP contribution in [0.5, 0.6) is 5.75 Å². The van der Waals surface area contributed by atoms with Gasteiger partial charge in [-0.3, -0.25) is 10.1 Å². The number of aliphatic imine (C=N–C) groups is 1. The molecule has 0 fully saturated rings. The highest BCUT2D eigenvalue weighted by molar-refractivity contribution is 5.66. The molecular weight excluding hydrogens is 252 g/mol. The summed E-state index contributed by atoms with van der Waals surface area (Å²) in [5.41, 5.74) is 11.8. The maximum absolute atomic E-state index is 5.97. The maximum atomic E-state index is 5.97. The average molecular weight is 270 g/mol. The van der Waals surface area contributed by atoms with Crippen molar-refractivity contribution in [1.29, 1.82) is 0 Å². The number of ether oxygens (including phenoxy) is 1. The highest BCUT2D eigenvalue weighted by atomic mass is 16.5. The SMILES string of the molecule is CC(C)c1ccn2c1C(Oc1ccc(N)cc1)N=CN2. The summed E-state index contributed by atoms with van der Waals surface area (Å²) in [6.45, 7) is 4.32. The van der Waals surface area contributed by atoms with E-state index in [4.69, 9.17) is 10.5 Å². The topological polar surface area (TPSA) is 64.6 Å². The second-order valence-corrected chi connectivity index (χ2v) is 5.13. The van der Waals surface area contributed by atoms with Crippen molar-refractivity contribution in [2.45, 2.75) is 26.0 Å². The van der Waals surface area contributed by atoms with Crippen molar-refractivity contribution in [2.75, 3.05) is 11.2 Å².